The average molecular weight is 465 g/mol. The molecule has 1 aliphatic heterocycles. The number of fused-ring (bicyclic) bond motifs is 1. The molecule has 30 heavy (non-hydrogen) atoms. The molecule has 0 saturated carbocycles. The minimum Gasteiger partial charge on any atom is -0.399 e. The van der Waals surface area contributed by atoms with E-state index in [0.717, 1.165) is 54.1 Å². The van der Waals surface area contributed by atoms with Crippen LogP contribution in [0.5, 0.6) is 0 Å². The normalized spacial score (nSPS) is 15.5. The van der Waals surface area contributed by atoms with Gasteiger partial charge in [-0.3, -0.25) is 19.1 Å². The van der Waals surface area contributed by atoms with Gasteiger partial charge in [0.2, 0.25) is 5.91 Å². The highest BCUT2D eigenvalue weighted by atomic mass is 35.5. The highest BCUT2D eigenvalue weighted by Gasteiger charge is 2.21. The Balaban J connectivity index is 1.31. The number of nitrogens with zero attached hydrogens (tertiary/aromatic N) is 2. The number of carbonyl (C=O) groups excluding carboxylic acids is 1. The summed E-state index contributed by atoms with van der Waals surface area (Å²) >= 11 is 13.2. The standard InChI is InChI=1S/C21H22Cl2N4O2S/c22-16-3-1-13(9-17(16)23)11-26-7-5-15(6-8-26)25-20(28)12-27-18-10-14(24)2-4-19(18)30-21(27)29/h1-4,9-10,15H,5-8,11-12,24H2,(H,25,28). The van der Waals surface area contributed by atoms with Crippen LogP contribution in [0.25, 0.3) is 10.2 Å². The van der Waals surface area contributed by atoms with Gasteiger partial charge in [0.1, 0.15) is 6.54 Å². The van der Waals surface area contributed by atoms with Crippen molar-refractivity contribution in [1.29, 1.82) is 0 Å². The van der Waals surface area contributed by atoms with E-state index < -0.39 is 0 Å². The smallest absolute Gasteiger partial charge is 0.308 e. The summed E-state index contributed by atoms with van der Waals surface area (Å²) in [5, 5.41) is 4.20. The van der Waals surface area contributed by atoms with Crippen molar-refractivity contribution >= 4 is 56.3 Å². The van der Waals surface area contributed by atoms with Crippen LogP contribution in [0.2, 0.25) is 10.0 Å². The second-order valence-corrected chi connectivity index (χ2v) is 9.36. The van der Waals surface area contributed by atoms with Gasteiger partial charge >= 0.3 is 4.87 Å². The van der Waals surface area contributed by atoms with Crippen LogP contribution in [0.1, 0.15) is 18.4 Å². The molecule has 0 radical (unpaired) electrons. The molecule has 1 saturated heterocycles. The first-order valence-corrected chi connectivity index (χ1v) is 11.3. The van der Waals surface area contributed by atoms with Crippen LogP contribution in [-0.4, -0.2) is 34.5 Å². The number of hydrogen-bond donors (Lipinski definition) is 2. The topological polar surface area (TPSA) is 80.4 Å². The Labute approximate surface area is 188 Å². The van der Waals surface area contributed by atoms with Crippen LogP contribution in [0.4, 0.5) is 5.69 Å². The summed E-state index contributed by atoms with van der Waals surface area (Å²) in [7, 11) is 0. The van der Waals surface area contributed by atoms with Crippen molar-refractivity contribution in [2.75, 3.05) is 18.8 Å². The summed E-state index contributed by atoms with van der Waals surface area (Å²) in [5.74, 6) is -0.151. The van der Waals surface area contributed by atoms with Crippen molar-refractivity contribution < 1.29 is 4.79 Å². The third-order valence-electron chi connectivity index (χ3n) is 5.34. The Kier molecular flexibility index (Phi) is 6.34. The van der Waals surface area contributed by atoms with Crippen molar-refractivity contribution in [3.8, 4) is 0 Å². The van der Waals surface area contributed by atoms with E-state index in [2.05, 4.69) is 10.2 Å². The number of halogens is 2. The number of piperidine rings is 1. The molecule has 3 N–H and O–H groups in total. The summed E-state index contributed by atoms with van der Waals surface area (Å²) in [4.78, 5) is 27.0. The summed E-state index contributed by atoms with van der Waals surface area (Å²) in [6, 6.07) is 11.1. The van der Waals surface area contributed by atoms with E-state index in [-0.39, 0.29) is 23.4 Å². The molecule has 0 bridgehead atoms. The van der Waals surface area contributed by atoms with E-state index in [1.807, 2.05) is 24.3 Å². The maximum Gasteiger partial charge on any atom is 0.308 e. The van der Waals surface area contributed by atoms with Gasteiger partial charge in [-0.25, -0.2) is 0 Å². The fraction of sp³-hybridized carbons (Fsp3) is 0.333. The molecule has 0 aliphatic carbocycles. The van der Waals surface area contributed by atoms with Crippen LogP contribution in [0.15, 0.2) is 41.2 Å². The first-order chi connectivity index (χ1) is 14.4. The number of hydrogen-bond acceptors (Lipinski definition) is 5. The Morgan fingerprint density at radius 3 is 2.63 bits per heavy atom. The van der Waals surface area contributed by atoms with E-state index in [4.69, 9.17) is 28.9 Å². The minimum absolute atomic E-state index is 0.00573. The predicted molar refractivity (Wildman–Crippen MR) is 123 cm³/mol. The van der Waals surface area contributed by atoms with Gasteiger partial charge in [0.15, 0.2) is 0 Å². The van der Waals surface area contributed by atoms with E-state index >= 15 is 0 Å². The maximum absolute atomic E-state index is 12.6. The number of carbonyl (C=O) groups is 1. The van der Waals surface area contributed by atoms with Gasteiger partial charge in [0.25, 0.3) is 0 Å². The number of anilines is 1. The molecule has 3 aromatic rings. The Morgan fingerprint density at radius 2 is 1.90 bits per heavy atom. The van der Waals surface area contributed by atoms with Gasteiger partial charge in [-0.15, -0.1) is 0 Å². The highest BCUT2D eigenvalue weighted by Crippen LogP contribution is 2.24. The molecule has 9 heteroatoms. The number of amides is 1. The van der Waals surface area contributed by atoms with Crippen molar-refractivity contribution in [2.24, 2.45) is 0 Å². The molecule has 1 aliphatic rings. The second-order valence-electron chi connectivity index (χ2n) is 7.55. The SMILES string of the molecule is Nc1ccc2sc(=O)n(CC(=O)NC3CCN(Cc4ccc(Cl)c(Cl)c4)CC3)c2c1. The van der Waals surface area contributed by atoms with Crippen molar-refractivity contribution in [3.05, 3.63) is 61.7 Å². The number of nitrogen functional groups attached to an aromatic ring is 1. The number of likely N-dealkylation sites (tertiary alicyclic amines) is 1. The minimum atomic E-state index is -0.151. The zero-order valence-corrected chi connectivity index (χ0v) is 18.6. The Bertz CT molecular complexity index is 1140. The lowest BCUT2D eigenvalue weighted by atomic mass is 10.0. The lowest BCUT2D eigenvalue weighted by Gasteiger charge is -2.32. The van der Waals surface area contributed by atoms with Gasteiger partial charge in [0.05, 0.1) is 20.3 Å². The lowest BCUT2D eigenvalue weighted by Crippen LogP contribution is -2.45. The number of nitrogens with one attached hydrogen (secondary N) is 1. The molecule has 0 spiro atoms. The van der Waals surface area contributed by atoms with Gasteiger partial charge < -0.3 is 11.1 Å². The van der Waals surface area contributed by atoms with E-state index in [0.29, 0.717) is 21.2 Å². The number of nitrogens with two attached hydrogens (primary N) is 1. The molecule has 2 heterocycles. The molecule has 2 aromatic carbocycles. The molecular formula is C21H22Cl2N4O2S. The average Bonchev–Trinajstić information content (AvgIpc) is 3.01. The molecule has 1 amide bonds. The molecule has 6 nitrogen and oxygen atoms in total. The lowest BCUT2D eigenvalue weighted by molar-refractivity contribution is -0.122. The third kappa shape index (κ3) is 4.81. The quantitative estimate of drug-likeness (QED) is 0.563. The largest absolute Gasteiger partial charge is 0.399 e. The Morgan fingerprint density at radius 1 is 1.13 bits per heavy atom. The zero-order valence-electron chi connectivity index (χ0n) is 16.2. The number of aromatic nitrogens is 1. The van der Waals surface area contributed by atoms with Crippen LogP contribution >= 0.6 is 34.5 Å². The van der Waals surface area contributed by atoms with Gasteiger partial charge in [-0.2, -0.15) is 0 Å². The molecule has 158 valence electrons. The van der Waals surface area contributed by atoms with E-state index in [1.165, 1.54) is 4.57 Å². The van der Waals surface area contributed by atoms with Crippen LogP contribution < -0.4 is 15.9 Å². The molecule has 0 atom stereocenters. The van der Waals surface area contributed by atoms with Gasteiger partial charge in [0, 0.05) is 31.4 Å². The number of benzene rings is 2. The second kappa shape index (κ2) is 8.98. The third-order valence-corrected chi connectivity index (χ3v) is 7.04. The Hall–Kier alpha value is -2.06. The summed E-state index contributed by atoms with van der Waals surface area (Å²) < 4.78 is 2.32. The highest BCUT2D eigenvalue weighted by molar-refractivity contribution is 7.16. The number of thiazole rings is 1. The number of rotatable bonds is 5. The first kappa shape index (κ1) is 21.2. The van der Waals surface area contributed by atoms with Crippen molar-refractivity contribution in [1.82, 2.24) is 14.8 Å². The van der Waals surface area contributed by atoms with Crippen LogP contribution in [0.3, 0.4) is 0 Å². The molecule has 1 aromatic heterocycles. The predicted octanol–water partition coefficient (Wildman–Crippen LogP) is 3.73. The van der Waals surface area contributed by atoms with Crippen molar-refractivity contribution in [3.63, 3.8) is 0 Å². The monoisotopic (exact) mass is 464 g/mol. The van der Waals surface area contributed by atoms with Gasteiger partial charge in [-0.05, 0) is 48.7 Å². The molecule has 1 fully saturated rings. The maximum atomic E-state index is 12.6. The fourth-order valence-corrected chi connectivity index (χ4v) is 4.97. The van der Waals surface area contributed by atoms with Crippen LogP contribution in [0, 0.1) is 0 Å². The van der Waals surface area contributed by atoms with Crippen LogP contribution in [-0.2, 0) is 17.9 Å². The summed E-state index contributed by atoms with van der Waals surface area (Å²) in [5.41, 5.74) is 8.23. The summed E-state index contributed by atoms with van der Waals surface area (Å²) in [6.45, 7) is 2.56. The zero-order chi connectivity index (χ0) is 21.3. The van der Waals surface area contributed by atoms with E-state index in [1.54, 1.807) is 12.1 Å². The molecule has 4 rings (SSSR count). The van der Waals surface area contributed by atoms with Crippen molar-refractivity contribution in [2.45, 2.75) is 32.0 Å². The first-order valence-electron chi connectivity index (χ1n) is 9.73. The molecular weight excluding hydrogens is 443 g/mol. The van der Waals surface area contributed by atoms with Gasteiger partial charge in [-0.1, -0.05) is 40.6 Å². The summed E-state index contributed by atoms with van der Waals surface area (Å²) in [6.07, 6.45) is 1.72. The fourth-order valence-electron chi connectivity index (χ4n) is 3.78. The van der Waals surface area contributed by atoms with E-state index in [9.17, 15) is 9.59 Å². The molecule has 0 unspecified atom stereocenters.